The van der Waals surface area contributed by atoms with Crippen molar-refractivity contribution in [1.82, 2.24) is 24.4 Å². The van der Waals surface area contributed by atoms with Crippen LogP contribution in [-0.4, -0.2) is 56.1 Å². The van der Waals surface area contributed by atoms with Gasteiger partial charge in [-0.25, -0.2) is 14.3 Å². The van der Waals surface area contributed by atoms with E-state index in [0.29, 0.717) is 0 Å². The minimum atomic E-state index is -3.25. The topological polar surface area (TPSA) is 122 Å². The molecule has 4 aromatic rings. The van der Waals surface area contributed by atoms with Gasteiger partial charge in [-0.1, -0.05) is 0 Å². The number of alkyl halides is 4. The number of rotatable bonds is 8. The van der Waals surface area contributed by atoms with Crippen LogP contribution in [0.1, 0.15) is 22.8 Å². The number of benzene rings is 1. The molecule has 3 aromatic heterocycles. The first-order chi connectivity index (χ1) is 17.8. The summed E-state index contributed by atoms with van der Waals surface area (Å²) in [7, 11) is 0. The van der Waals surface area contributed by atoms with E-state index in [1.165, 1.54) is 27.8 Å². The Morgan fingerprint density at radius 2 is 2.00 bits per heavy atom. The van der Waals surface area contributed by atoms with Gasteiger partial charge in [0.25, 0.3) is 5.91 Å². The summed E-state index contributed by atoms with van der Waals surface area (Å²) in [6, 6.07) is 3.78. The number of aromatic nitrogens is 5. The molecule has 192 valence electrons. The maximum Gasteiger partial charge on any atom is 0.387 e. The molecule has 0 radical (unpaired) electrons. The molecule has 0 saturated carbocycles. The number of carbonyl (C=O) groups is 2. The lowest BCUT2D eigenvalue weighted by Gasteiger charge is -2.13. The summed E-state index contributed by atoms with van der Waals surface area (Å²) in [4.78, 5) is 29.4. The molecule has 1 saturated heterocycles. The fourth-order valence-corrected chi connectivity index (χ4v) is 3.81. The van der Waals surface area contributed by atoms with E-state index in [1.54, 1.807) is 12.3 Å². The largest absolute Gasteiger partial charge is 0.464 e. The fraction of sp³-hybridized carbons (Fsp3) is 0.227. The number of amides is 1. The van der Waals surface area contributed by atoms with Gasteiger partial charge >= 0.3 is 19.2 Å². The number of cyclic esters (lactones) is 1. The van der Waals surface area contributed by atoms with Gasteiger partial charge in [0, 0.05) is 18.8 Å². The summed E-state index contributed by atoms with van der Waals surface area (Å²) in [5.41, 5.74) is -0.0567. The Morgan fingerprint density at radius 3 is 2.73 bits per heavy atom. The number of ether oxygens (including phenoxy) is 3. The van der Waals surface area contributed by atoms with Crippen molar-refractivity contribution in [2.75, 3.05) is 11.9 Å². The Bertz CT molecular complexity index is 1470. The molecule has 5 rings (SSSR count). The van der Waals surface area contributed by atoms with Crippen molar-refractivity contribution in [1.29, 1.82) is 0 Å². The lowest BCUT2D eigenvalue weighted by Crippen LogP contribution is -2.15. The van der Waals surface area contributed by atoms with E-state index < -0.39 is 36.9 Å². The third-order valence-electron chi connectivity index (χ3n) is 5.38. The first-order valence-electron chi connectivity index (χ1n) is 10.7. The lowest BCUT2D eigenvalue weighted by atomic mass is 10.1. The van der Waals surface area contributed by atoms with Crippen molar-refractivity contribution in [3.05, 3.63) is 54.6 Å². The highest BCUT2D eigenvalue weighted by molar-refractivity contribution is 6.09. The van der Waals surface area contributed by atoms with E-state index in [4.69, 9.17) is 4.74 Å². The standard InChI is InChI=1S/C22H16F4N6O5/c23-21(24)36-11-2-3-16(37-22(25)26)12(8-11)17-14(10-32(30-17)15-4-7-35-20(15)34)29-19(33)13-9-28-31-6-1-5-27-18(13)31/h1-3,5-6,8-10,15,21-22H,4,7H2,(H,29,33). The Labute approximate surface area is 204 Å². The van der Waals surface area contributed by atoms with Gasteiger partial charge in [-0.05, 0) is 24.3 Å². The number of hydrogen-bond acceptors (Lipinski definition) is 8. The number of hydrogen-bond donors (Lipinski definition) is 1. The Hall–Kier alpha value is -4.69. The molecule has 1 aliphatic heterocycles. The SMILES string of the molecule is O=C(Nc1cn(C2CCOC2=O)nc1-c1cc(OC(F)F)ccc1OC(F)F)c1cnn2cccnc12. The zero-order chi connectivity index (χ0) is 26.1. The lowest BCUT2D eigenvalue weighted by molar-refractivity contribution is -0.140. The number of nitrogens with zero attached hydrogens (tertiary/aromatic N) is 5. The van der Waals surface area contributed by atoms with Gasteiger partial charge in [-0.2, -0.15) is 27.8 Å². The maximum atomic E-state index is 13.1. The molecular formula is C22H16F4N6O5. The number of nitrogens with one attached hydrogen (secondary N) is 1. The monoisotopic (exact) mass is 520 g/mol. The van der Waals surface area contributed by atoms with Crippen LogP contribution in [0.15, 0.2) is 49.1 Å². The first kappa shape index (κ1) is 24.0. The molecule has 1 aliphatic rings. The van der Waals surface area contributed by atoms with E-state index >= 15 is 0 Å². The highest BCUT2D eigenvalue weighted by Gasteiger charge is 2.31. The first-order valence-corrected chi connectivity index (χ1v) is 10.7. The van der Waals surface area contributed by atoms with Gasteiger partial charge in [0.05, 0.1) is 30.3 Å². The molecule has 1 atom stereocenters. The van der Waals surface area contributed by atoms with Crippen LogP contribution in [0.2, 0.25) is 0 Å². The summed E-state index contributed by atoms with van der Waals surface area (Å²) >= 11 is 0. The van der Waals surface area contributed by atoms with Gasteiger partial charge < -0.3 is 19.5 Å². The molecule has 0 spiro atoms. The Morgan fingerprint density at radius 1 is 1.19 bits per heavy atom. The summed E-state index contributed by atoms with van der Waals surface area (Å²) in [5, 5.41) is 10.9. The molecule has 0 bridgehead atoms. The molecule has 0 aliphatic carbocycles. The summed E-state index contributed by atoms with van der Waals surface area (Å²) in [6.45, 7) is -6.32. The van der Waals surface area contributed by atoms with Crippen molar-refractivity contribution < 1.29 is 41.4 Å². The molecule has 1 N–H and O–H groups in total. The average molecular weight is 520 g/mol. The van der Waals surface area contributed by atoms with Gasteiger partial charge in [0.15, 0.2) is 11.7 Å². The predicted octanol–water partition coefficient (Wildman–Crippen LogP) is 3.54. The molecule has 1 unspecified atom stereocenters. The predicted molar refractivity (Wildman–Crippen MR) is 116 cm³/mol. The van der Waals surface area contributed by atoms with E-state index in [1.807, 2.05) is 0 Å². The molecule has 1 fully saturated rings. The zero-order valence-electron chi connectivity index (χ0n) is 18.6. The second-order valence-corrected chi connectivity index (χ2v) is 7.66. The van der Waals surface area contributed by atoms with Gasteiger partial charge in [0.1, 0.15) is 22.8 Å². The quantitative estimate of drug-likeness (QED) is 0.277. The molecule has 4 heterocycles. The number of fused-ring (bicyclic) bond motifs is 1. The van der Waals surface area contributed by atoms with E-state index in [-0.39, 0.29) is 46.9 Å². The summed E-state index contributed by atoms with van der Waals surface area (Å²) in [5.74, 6) is -2.06. The molecule has 37 heavy (non-hydrogen) atoms. The maximum absolute atomic E-state index is 13.1. The van der Waals surface area contributed by atoms with Crippen molar-refractivity contribution in [2.45, 2.75) is 25.7 Å². The molecular weight excluding hydrogens is 504 g/mol. The number of carbonyl (C=O) groups excluding carboxylic acids is 2. The van der Waals surface area contributed by atoms with Crippen LogP contribution in [0, 0.1) is 0 Å². The van der Waals surface area contributed by atoms with Crippen molar-refractivity contribution in [3.63, 3.8) is 0 Å². The second kappa shape index (κ2) is 9.75. The van der Waals surface area contributed by atoms with Crippen molar-refractivity contribution >= 4 is 23.2 Å². The normalized spacial score (nSPS) is 15.4. The van der Waals surface area contributed by atoms with Crippen molar-refractivity contribution in [2.24, 2.45) is 0 Å². The van der Waals surface area contributed by atoms with Crippen LogP contribution in [0.4, 0.5) is 23.2 Å². The molecule has 15 heteroatoms. The van der Waals surface area contributed by atoms with Crippen LogP contribution in [0.25, 0.3) is 16.9 Å². The molecule has 11 nitrogen and oxygen atoms in total. The number of halogens is 4. The number of anilines is 1. The zero-order valence-corrected chi connectivity index (χ0v) is 18.6. The average Bonchev–Trinajstić information content (AvgIpc) is 3.57. The highest BCUT2D eigenvalue weighted by atomic mass is 19.3. The minimum absolute atomic E-state index is 0.0340. The van der Waals surface area contributed by atoms with Crippen LogP contribution in [-0.2, 0) is 9.53 Å². The third-order valence-corrected chi connectivity index (χ3v) is 5.38. The van der Waals surface area contributed by atoms with Gasteiger partial charge in [-0.3, -0.25) is 9.48 Å². The van der Waals surface area contributed by atoms with E-state index in [9.17, 15) is 27.2 Å². The Balaban J connectivity index is 1.60. The van der Waals surface area contributed by atoms with Crippen LogP contribution < -0.4 is 14.8 Å². The summed E-state index contributed by atoms with van der Waals surface area (Å²) < 4.78 is 68.4. The molecule has 1 amide bonds. The Kier molecular flexibility index (Phi) is 6.33. The number of esters is 1. The smallest absolute Gasteiger partial charge is 0.387 e. The van der Waals surface area contributed by atoms with Crippen LogP contribution in [0.3, 0.4) is 0 Å². The third kappa shape index (κ3) is 4.87. The second-order valence-electron chi connectivity index (χ2n) is 7.66. The minimum Gasteiger partial charge on any atom is -0.464 e. The van der Waals surface area contributed by atoms with Crippen LogP contribution >= 0.6 is 0 Å². The van der Waals surface area contributed by atoms with Gasteiger partial charge in [0.2, 0.25) is 0 Å². The van der Waals surface area contributed by atoms with E-state index in [0.717, 1.165) is 18.2 Å². The van der Waals surface area contributed by atoms with Crippen molar-refractivity contribution in [3.8, 4) is 22.8 Å². The van der Waals surface area contributed by atoms with Gasteiger partial charge in [-0.15, -0.1) is 0 Å². The van der Waals surface area contributed by atoms with E-state index in [2.05, 4.69) is 30.0 Å². The summed E-state index contributed by atoms with van der Waals surface area (Å²) in [6.07, 6.45) is 5.89. The highest BCUT2D eigenvalue weighted by Crippen LogP contribution is 2.39. The molecule has 1 aromatic carbocycles. The van der Waals surface area contributed by atoms with Crippen LogP contribution in [0.5, 0.6) is 11.5 Å². The fourth-order valence-electron chi connectivity index (χ4n) is 3.81.